The fourth-order valence-corrected chi connectivity index (χ4v) is 1.79. The number of primary amides is 1. The number of anilines is 1. The molecule has 2 amide bonds. The van der Waals surface area contributed by atoms with Crippen LogP contribution in [0.5, 0.6) is 5.75 Å². The normalized spacial score (nSPS) is 10.3. The van der Waals surface area contributed by atoms with Gasteiger partial charge in [-0.05, 0) is 36.4 Å². The quantitative estimate of drug-likeness (QED) is 0.891. The van der Waals surface area contributed by atoms with Gasteiger partial charge in [0.15, 0.2) is 0 Å². The molecule has 0 aliphatic heterocycles. The number of hydrogen-bond donors (Lipinski definition) is 2. The molecular weight excluding hydrogens is 294 g/mol. The number of ether oxygens (including phenoxy) is 1. The van der Waals surface area contributed by atoms with Gasteiger partial charge in [-0.2, -0.15) is 8.78 Å². The van der Waals surface area contributed by atoms with Crippen molar-refractivity contribution in [2.24, 2.45) is 5.73 Å². The molecule has 0 saturated carbocycles. The van der Waals surface area contributed by atoms with Crippen LogP contribution < -0.4 is 15.8 Å². The molecule has 0 aliphatic rings. The van der Waals surface area contributed by atoms with Gasteiger partial charge < -0.3 is 15.8 Å². The van der Waals surface area contributed by atoms with E-state index in [4.69, 9.17) is 5.73 Å². The molecule has 0 atom stereocenters. The fraction of sp³-hybridized carbons (Fsp3) is 0.0667. The summed E-state index contributed by atoms with van der Waals surface area (Å²) in [5.41, 5.74) is 5.89. The van der Waals surface area contributed by atoms with Crippen LogP contribution in [0.4, 0.5) is 14.5 Å². The van der Waals surface area contributed by atoms with Crippen molar-refractivity contribution >= 4 is 17.5 Å². The highest BCUT2D eigenvalue weighted by Crippen LogP contribution is 2.18. The Bertz CT molecular complexity index is 687. The first-order valence-electron chi connectivity index (χ1n) is 6.22. The molecule has 3 N–H and O–H groups in total. The SMILES string of the molecule is NC(=O)c1ccccc1NC(=O)c1ccc(OC(F)F)cc1. The molecule has 0 fully saturated rings. The molecule has 5 nitrogen and oxygen atoms in total. The van der Waals surface area contributed by atoms with Gasteiger partial charge in [0.25, 0.3) is 11.8 Å². The van der Waals surface area contributed by atoms with Crippen molar-refractivity contribution in [2.75, 3.05) is 5.32 Å². The predicted octanol–water partition coefficient (Wildman–Crippen LogP) is 2.64. The van der Waals surface area contributed by atoms with Crippen molar-refractivity contribution in [1.29, 1.82) is 0 Å². The lowest BCUT2D eigenvalue weighted by atomic mass is 10.1. The van der Waals surface area contributed by atoms with E-state index in [0.29, 0.717) is 0 Å². The summed E-state index contributed by atoms with van der Waals surface area (Å²) in [5, 5.41) is 2.54. The maximum atomic E-state index is 12.1. The van der Waals surface area contributed by atoms with Crippen LogP contribution in [-0.2, 0) is 0 Å². The molecule has 2 aromatic carbocycles. The van der Waals surface area contributed by atoms with Crippen molar-refractivity contribution in [3.8, 4) is 5.75 Å². The topological polar surface area (TPSA) is 81.4 Å². The molecule has 0 bridgehead atoms. The first-order chi connectivity index (χ1) is 10.5. The maximum Gasteiger partial charge on any atom is 0.387 e. The monoisotopic (exact) mass is 306 g/mol. The second-order valence-corrected chi connectivity index (χ2v) is 4.27. The maximum absolute atomic E-state index is 12.1. The van der Waals surface area contributed by atoms with E-state index in [1.807, 2.05) is 0 Å². The number of rotatable bonds is 5. The van der Waals surface area contributed by atoms with Crippen molar-refractivity contribution in [1.82, 2.24) is 0 Å². The van der Waals surface area contributed by atoms with Crippen LogP contribution in [0.1, 0.15) is 20.7 Å². The van der Waals surface area contributed by atoms with E-state index in [-0.39, 0.29) is 22.6 Å². The number of nitrogens with one attached hydrogen (secondary N) is 1. The van der Waals surface area contributed by atoms with Crippen molar-refractivity contribution < 1.29 is 23.1 Å². The van der Waals surface area contributed by atoms with E-state index in [1.54, 1.807) is 12.1 Å². The molecule has 2 aromatic rings. The number of carbonyl (C=O) groups is 2. The zero-order valence-electron chi connectivity index (χ0n) is 11.3. The van der Waals surface area contributed by atoms with Crippen molar-refractivity contribution in [3.63, 3.8) is 0 Å². The molecule has 0 unspecified atom stereocenters. The van der Waals surface area contributed by atoms with Gasteiger partial charge in [0.05, 0.1) is 11.3 Å². The Balaban J connectivity index is 2.14. The lowest BCUT2D eigenvalue weighted by Gasteiger charge is -2.09. The summed E-state index contributed by atoms with van der Waals surface area (Å²) in [7, 11) is 0. The molecule has 0 heterocycles. The molecule has 0 aromatic heterocycles. The lowest BCUT2D eigenvalue weighted by Crippen LogP contribution is -2.18. The highest BCUT2D eigenvalue weighted by Gasteiger charge is 2.12. The molecular formula is C15H12F2N2O3. The minimum Gasteiger partial charge on any atom is -0.435 e. The molecule has 0 radical (unpaired) electrons. The van der Waals surface area contributed by atoms with E-state index in [1.165, 1.54) is 36.4 Å². The number of benzene rings is 2. The second kappa shape index (κ2) is 6.66. The molecule has 0 saturated heterocycles. The van der Waals surface area contributed by atoms with Crippen LogP contribution in [0.2, 0.25) is 0 Å². The molecule has 114 valence electrons. The van der Waals surface area contributed by atoms with Crippen LogP contribution in [0.25, 0.3) is 0 Å². The molecule has 2 rings (SSSR count). The van der Waals surface area contributed by atoms with Crippen LogP contribution >= 0.6 is 0 Å². The van der Waals surface area contributed by atoms with Gasteiger partial charge in [-0.25, -0.2) is 0 Å². The van der Waals surface area contributed by atoms with Gasteiger partial charge in [-0.1, -0.05) is 12.1 Å². The molecule has 22 heavy (non-hydrogen) atoms. The largest absolute Gasteiger partial charge is 0.435 e. The third kappa shape index (κ3) is 3.78. The van der Waals surface area contributed by atoms with E-state index in [9.17, 15) is 18.4 Å². The number of nitrogens with two attached hydrogens (primary N) is 1. The van der Waals surface area contributed by atoms with Gasteiger partial charge in [-0.15, -0.1) is 0 Å². The number of hydrogen-bond acceptors (Lipinski definition) is 3. The fourth-order valence-electron chi connectivity index (χ4n) is 1.79. The lowest BCUT2D eigenvalue weighted by molar-refractivity contribution is -0.0498. The average Bonchev–Trinajstić information content (AvgIpc) is 2.47. The summed E-state index contributed by atoms with van der Waals surface area (Å²) < 4.78 is 28.3. The summed E-state index contributed by atoms with van der Waals surface area (Å²) >= 11 is 0. The van der Waals surface area contributed by atoms with Crippen LogP contribution in [-0.4, -0.2) is 18.4 Å². The smallest absolute Gasteiger partial charge is 0.387 e. The minimum absolute atomic E-state index is 0.0518. The zero-order valence-corrected chi connectivity index (χ0v) is 11.3. The number of alkyl halides is 2. The first-order valence-corrected chi connectivity index (χ1v) is 6.22. The van der Waals surface area contributed by atoms with E-state index in [0.717, 1.165) is 0 Å². The highest BCUT2D eigenvalue weighted by atomic mass is 19.3. The summed E-state index contributed by atoms with van der Waals surface area (Å²) in [6.07, 6.45) is 0. The van der Waals surface area contributed by atoms with Gasteiger partial charge in [-0.3, -0.25) is 9.59 Å². The van der Waals surface area contributed by atoms with Gasteiger partial charge >= 0.3 is 6.61 Å². The third-order valence-corrected chi connectivity index (χ3v) is 2.78. The Morgan fingerprint density at radius 3 is 2.27 bits per heavy atom. The van der Waals surface area contributed by atoms with Crippen LogP contribution in [0.15, 0.2) is 48.5 Å². The zero-order chi connectivity index (χ0) is 16.1. The molecule has 7 heteroatoms. The van der Waals surface area contributed by atoms with E-state index >= 15 is 0 Å². The van der Waals surface area contributed by atoms with Crippen LogP contribution in [0.3, 0.4) is 0 Å². The van der Waals surface area contributed by atoms with Crippen molar-refractivity contribution in [2.45, 2.75) is 6.61 Å². The van der Waals surface area contributed by atoms with Gasteiger partial charge in [0, 0.05) is 5.56 Å². The molecule has 0 aliphatic carbocycles. The second-order valence-electron chi connectivity index (χ2n) is 4.27. The Morgan fingerprint density at radius 1 is 1.05 bits per heavy atom. The van der Waals surface area contributed by atoms with Gasteiger partial charge in [0.2, 0.25) is 0 Å². The Hall–Kier alpha value is -2.96. The average molecular weight is 306 g/mol. The summed E-state index contributed by atoms with van der Waals surface area (Å²) in [6.45, 7) is -2.93. The number of para-hydroxylation sites is 1. The van der Waals surface area contributed by atoms with E-state index < -0.39 is 18.4 Å². The summed E-state index contributed by atoms with van der Waals surface area (Å²) in [6, 6.07) is 11.4. The highest BCUT2D eigenvalue weighted by molar-refractivity contribution is 6.08. The predicted molar refractivity (Wildman–Crippen MR) is 76.0 cm³/mol. The van der Waals surface area contributed by atoms with E-state index in [2.05, 4.69) is 10.1 Å². The minimum atomic E-state index is -2.93. The first kappa shape index (κ1) is 15.4. The Morgan fingerprint density at radius 2 is 1.68 bits per heavy atom. The number of carbonyl (C=O) groups excluding carboxylic acids is 2. The number of amides is 2. The van der Waals surface area contributed by atoms with Crippen LogP contribution in [0, 0.1) is 0 Å². The molecule has 0 spiro atoms. The third-order valence-electron chi connectivity index (χ3n) is 2.78. The summed E-state index contributed by atoms with van der Waals surface area (Å²) in [5.74, 6) is -1.22. The van der Waals surface area contributed by atoms with Gasteiger partial charge in [0.1, 0.15) is 5.75 Å². The standard InChI is InChI=1S/C15H12F2N2O3/c16-15(17)22-10-7-5-9(6-8-10)14(21)19-12-4-2-1-3-11(12)13(18)20/h1-8,15H,(H2,18,20)(H,19,21). The Kier molecular flexibility index (Phi) is 4.67. The summed E-state index contributed by atoms with van der Waals surface area (Å²) in [4.78, 5) is 23.3. The Labute approximate surface area is 124 Å². The number of halogens is 2. The van der Waals surface area contributed by atoms with Crippen molar-refractivity contribution in [3.05, 3.63) is 59.7 Å².